The number of carbonyl (C=O) groups is 3. The average molecular weight is 444 g/mol. The van der Waals surface area contributed by atoms with Crippen LogP contribution in [0.15, 0.2) is 0 Å². The molecule has 30 heavy (non-hydrogen) atoms. The van der Waals surface area contributed by atoms with Crippen LogP contribution in [-0.2, 0) is 14.4 Å². The van der Waals surface area contributed by atoms with Crippen LogP contribution < -0.4 is 69.3 Å². The molecule has 6 nitrogen and oxygen atoms in total. The van der Waals surface area contributed by atoms with Gasteiger partial charge in [-0.2, -0.15) is 0 Å². The maximum Gasteiger partial charge on any atom is 1.00 e. The second-order valence-electron chi connectivity index (χ2n) is 7.62. The van der Waals surface area contributed by atoms with E-state index in [9.17, 15) is 24.6 Å². The maximum absolute atomic E-state index is 12.6. The Morgan fingerprint density at radius 2 is 1.17 bits per heavy atom. The zero-order chi connectivity index (χ0) is 21.2. The fourth-order valence-electron chi connectivity index (χ4n) is 3.37. The molecule has 0 N–H and O–H groups in total. The van der Waals surface area contributed by atoms with Gasteiger partial charge in [-0.1, -0.05) is 78.1 Å². The van der Waals surface area contributed by atoms with Crippen LogP contribution in [0.4, 0.5) is 0 Å². The molecule has 1 amide bonds. The van der Waals surface area contributed by atoms with E-state index in [-0.39, 0.29) is 71.4 Å². The second kappa shape index (κ2) is 24.1. The third-order valence-corrected chi connectivity index (χ3v) is 5.09. The molecule has 0 spiro atoms. The second-order valence-corrected chi connectivity index (χ2v) is 7.62. The summed E-state index contributed by atoms with van der Waals surface area (Å²) in [5, 5.41) is 22.2. The van der Waals surface area contributed by atoms with Gasteiger partial charge in [0.25, 0.3) is 0 Å². The smallest absolute Gasteiger partial charge is 0.550 e. The molecular formula is C22H39NNa2O5. The normalized spacial score (nSPS) is 11.1. The van der Waals surface area contributed by atoms with Crippen LogP contribution in [0.2, 0.25) is 0 Å². The van der Waals surface area contributed by atoms with E-state index in [1.807, 2.05) is 6.92 Å². The Morgan fingerprint density at radius 3 is 1.63 bits per heavy atom. The first-order chi connectivity index (χ1) is 13.4. The molecule has 164 valence electrons. The Bertz CT molecular complexity index is 449. The quantitative estimate of drug-likeness (QED) is 0.153. The number of carbonyl (C=O) groups excluding carboxylic acids is 3. The number of carboxylic acids is 2. The molecule has 8 heteroatoms. The van der Waals surface area contributed by atoms with E-state index in [0.717, 1.165) is 32.1 Å². The number of carboxylic acid groups (broad SMARTS) is 2. The van der Waals surface area contributed by atoms with Gasteiger partial charge in [-0.3, -0.25) is 4.79 Å². The predicted molar refractivity (Wildman–Crippen MR) is 106 cm³/mol. The summed E-state index contributed by atoms with van der Waals surface area (Å²) in [7, 11) is 0. The Hall–Kier alpha value is 0.410. The summed E-state index contributed by atoms with van der Waals surface area (Å²) in [6, 6.07) is -1.19. The van der Waals surface area contributed by atoms with E-state index >= 15 is 0 Å². The molecule has 0 bridgehead atoms. The third kappa shape index (κ3) is 19.1. The molecule has 0 aromatic carbocycles. The SMILES string of the molecule is CCCCCCCCCCCC(=O)N(CCCCC)[C@@H](CCC(=O)[O-])C(=O)[O-].[Na+].[Na+]. The fourth-order valence-corrected chi connectivity index (χ4v) is 3.37. The number of unbranched alkanes of at least 4 members (excludes halogenated alkanes) is 10. The van der Waals surface area contributed by atoms with Crippen LogP contribution in [0.25, 0.3) is 0 Å². The van der Waals surface area contributed by atoms with Crippen LogP contribution >= 0.6 is 0 Å². The molecule has 0 aliphatic heterocycles. The molecule has 0 aromatic rings. The number of hydrogen-bond donors (Lipinski definition) is 0. The number of amides is 1. The first kappa shape index (κ1) is 35.0. The molecule has 0 radical (unpaired) electrons. The summed E-state index contributed by atoms with van der Waals surface area (Å²) in [5.41, 5.74) is 0. The van der Waals surface area contributed by atoms with Crippen molar-refractivity contribution >= 4 is 17.8 Å². The van der Waals surface area contributed by atoms with Gasteiger partial charge in [0, 0.05) is 18.9 Å². The minimum Gasteiger partial charge on any atom is -0.550 e. The van der Waals surface area contributed by atoms with Crippen molar-refractivity contribution in [1.82, 2.24) is 4.90 Å². The van der Waals surface area contributed by atoms with Crippen LogP contribution in [0.3, 0.4) is 0 Å². The van der Waals surface area contributed by atoms with E-state index in [0.29, 0.717) is 19.4 Å². The monoisotopic (exact) mass is 443 g/mol. The van der Waals surface area contributed by atoms with Crippen LogP contribution in [0.1, 0.15) is 110 Å². The average Bonchev–Trinajstić information content (AvgIpc) is 2.64. The molecule has 0 aliphatic rings. The van der Waals surface area contributed by atoms with Crippen molar-refractivity contribution in [3.63, 3.8) is 0 Å². The number of rotatable bonds is 19. The zero-order valence-electron chi connectivity index (χ0n) is 19.9. The van der Waals surface area contributed by atoms with E-state index < -0.39 is 24.4 Å². The standard InChI is InChI=1S/C22H41NO5.2Na/c1-3-5-7-8-9-10-11-12-13-15-20(24)23(18-14-6-4-2)19(22(27)28)16-17-21(25)26;;/h19H,3-18H2,1-2H3,(H,25,26)(H,27,28);;/q;2*+1/p-2/t19-;;/m0../s1. The minimum absolute atomic E-state index is 0. The van der Waals surface area contributed by atoms with Crippen molar-refractivity contribution in [2.45, 2.75) is 116 Å². The molecule has 0 saturated carbocycles. The summed E-state index contributed by atoms with van der Waals surface area (Å²) >= 11 is 0. The minimum atomic E-state index is -1.39. The predicted octanol–water partition coefficient (Wildman–Crippen LogP) is -3.42. The number of hydrogen-bond acceptors (Lipinski definition) is 5. The molecule has 0 fully saturated rings. The van der Waals surface area contributed by atoms with Gasteiger partial charge in [-0.25, -0.2) is 0 Å². The molecule has 0 aliphatic carbocycles. The van der Waals surface area contributed by atoms with E-state index in [1.165, 1.54) is 43.4 Å². The van der Waals surface area contributed by atoms with Crippen molar-refractivity contribution < 1.29 is 83.7 Å². The zero-order valence-corrected chi connectivity index (χ0v) is 23.9. The molecule has 0 aromatic heterocycles. The largest absolute Gasteiger partial charge is 1.00 e. The maximum atomic E-state index is 12.6. The summed E-state index contributed by atoms with van der Waals surface area (Å²) in [5.74, 6) is -2.92. The molecule has 0 heterocycles. The summed E-state index contributed by atoms with van der Waals surface area (Å²) in [6.45, 7) is 4.56. The molecule has 0 saturated heterocycles. The van der Waals surface area contributed by atoms with Crippen molar-refractivity contribution in [3.05, 3.63) is 0 Å². The molecule has 1 atom stereocenters. The van der Waals surface area contributed by atoms with Gasteiger partial charge in [-0.15, -0.1) is 0 Å². The van der Waals surface area contributed by atoms with Gasteiger partial charge in [0.05, 0.1) is 12.0 Å². The fraction of sp³-hybridized carbons (Fsp3) is 0.864. The van der Waals surface area contributed by atoms with E-state index in [4.69, 9.17) is 0 Å². The van der Waals surface area contributed by atoms with Gasteiger partial charge in [0.2, 0.25) is 5.91 Å². The summed E-state index contributed by atoms with van der Waals surface area (Å²) in [6.07, 6.45) is 12.6. The van der Waals surface area contributed by atoms with Crippen LogP contribution in [0, 0.1) is 0 Å². The Labute approximate surface area is 227 Å². The first-order valence-corrected chi connectivity index (χ1v) is 11.1. The van der Waals surface area contributed by atoms with Gasteiger partial charge >= 0.3 is 59.1 Å². The number of nitrogens with zero attached hydrogens (tertiary/aromatic N) is 1. The Balaban J connectivity index is -0.00000364. The Kier molecular flexibility index (Phi) is 28.1. The van der Waals surface area contributed by atoms with Crippen molar-refractivity contribution in [1.29, 1.82) is 0 Å². The molecule has 0 rings (SSSR count). The third-order valence-electron chi connectivity index (χ3n) is 5.09. The van der Waals surface area contributed by atoms with E-state index in [1.54, 1.807) is 0 Å². The first-order valence-electron chi connectivity index (χ1n) is 11.1. The van der Waals surface area contributed by atoms with Gasteiger partial charge < -0.3 is 24.7 Å². The van der Waals surface area contributed by atoms with Crippen molar-refractivity contribution in [3.8, 4) is 0 Å². The van der Waals surface area contributed by atoms with Crippen molar-refractivity contribution in [2.24, 2.45) is 0 Å². The molecule has 0 unspecified atom stereocenters. The molecular weight excluding hydrogens is 404 g/mol. The van der Waals surface area contributed by atoms with Gasteiger partial charge in [0.1, 0.15) is 0 Å². The van der Waals surface area contributed by atoms with E-state index in [2.05, 4.69) is 6.92 Å². The summed E-state index contributed by atoms with van der Waals surface area (Å²) in [4.78, 5) is 36.1. The van der Waals surface area contributed by atoms with Gasteiger partial charge in [-0.05, 0) is 25.7 Å². The number of aliphatic carboxylic acids is 2. The van der Waals surface area contributed by atoms with Crippen LogP contribution in [0.5, 0.6) is 0 Å². The van der Waals surface area contributed by atoms with Gasteiger partial charge in [0.15, 0.2) is 0 Å². The van der Waals surface area contributed by atoms with Crippen LogP contribution in [-0.4, -0.2) is 35.3 Å². The summed E-state index contributed by atoms with van der Waals surface area (Å²) < 4.78 is 0. The van der Waals surface area contributed by atoms with Crippen molar-refractivity contribution in [2.75, 3.05) is 6.54 Å². The Morgan fingerprint density at radius 1 is 0.700 bits per heavy atom. The topological polar surface area (TPSA) is 101 Å².